The van der Waals surface area contributed by atoms with E-state index in [2.05, 4.69) is 5.48 Å². The van der Waals surface area contributed by atoms with E-state index in [-0.39, 0.29) is 6.42 Å². The highest BCUT2D eigenvalue weighted by Crippen LogP contribution is 2.19. The van der Waals surface area contributed by atoms with Gasteiger partial charge >= 0.3 is 5.97 Å². The number of carbonyl (C=O) groups is 1. The largest absolute Gasteiger partial charge is 0.481 e. The number of rotatable bonds is 6. The summed E-state index contributed by atoms with van der Waals surface area (Å²) in [6, 6.07) is 0. The van der Waals surface area contributed by atoms with Crippen LogP contribution in [0.4, 0.5) is 0 Å². The molecule has 0 bridgehead atoms. The Balaban J connectivity index is 1.86. The summed E-state index contributed by atoms with van der Waals surface area (Å²) in [5.74, 6) is -0.748. The molecule has 0 aromatic carbocycles. The van der Waals surface area contributed by atoms with Crippen LogP contribution >= 0.6 is 0 Å². The SMILES string of the molecule is O=C(O)CCCNOC1CCCC1. The molecule has 0 aliphatic heterocycles. The van der Waals surface area contributed by atoms with Gasteiger partial charge in [0.15, 0.2) is 0 Å². The molecule has 1 rings (SSSR count). The van der Waals surface area contributed by atoms with Crippen LogP contribution in [0, 0.1) is 0 Å². The normalized spacial score (nSPS) is 17.8. The van der Waals surface area contributed by atoms with Crippen LogP contribution in [0.25, 0.3) is 0 Å². The maximum atomic E-state index is 10.2. The van der Waals surface area contributed by atoms with Crippen LogP contribution in [-0.2, 0) is 9.63 Å². The van der Waals surface area contributed by atoms with E-state index in [0.29, 0.717) is 19.1 Å². The van der Waals surface area contributed by atoms with E-state index in [1.54, 1.807) is 0 Å². The van der Waals surface area contributed by atoms with Crippen LogP contribution in [0.3, 0.4) is 0 Å². The van der Waals surface area contributed by atoms with E-state index < -0.39 is 5.97 Å². The highest BCUT2D eigenvalue weighted by molar-refractivity contribution is 5.66. The molecule has 2 N–H and O–H groups in total. The van der Waals surface area contributed by atoms with Crippen molar-refractivity contribution in [3.8, 4) is 0 Å². The molecule has 0 unspecified atom stereocenters. The highest BCUT2D eigenvalue weighted by atomic mass is 16.7. The lowest BCUT2D eigenvalue weighted by atomic mass is 10.3. The third-order valence-corrected chi connectivity index (χ3v) is 2.22. The number of hydroxylamine groups is 1. The molecule has 0 amide bonds. The molecule has 1 saturated carbocycles. The molecule has 0 spiro atoms. The lowest BCUT2D eigenvalue weighted by molar-refractivity contribution is -0.137. The highest BCUT2D eigenvalue weighted by Gasteiger charge is 2.14. The number of aliphatic carboxylic acids is 1. The molecule has 76 valence electrons. The molecule has 0 radical (unpaired) electrons. The Morgan fingerprint density at radius 2 is 2.15 bits per heavy atom. The topological polar surface area (TPSA) is 58.6 Å². The summed E-state index contributed by atoms with van der Waals surface area (Å²) in [5, 5.41) is 8.36. The minimum Gasteiger partial charge on any atom is -0.481 e. The quantitative estimate of drug-likeness (QED) is 0.486. The second-order valence-electron chi connectivity index (χ2n) is 3.42. The van der Waals surface area contributed by atoms with Crippen molar-refractivity contribution in [3.63, 3.8) is 0 Å². The first kappa shape index (κ1) is 10.5. The molecule has 0 atom stereocenters. The fourth-order valence-electron chi connectivity index (χ4n) is 1.49. The molecule has 0 aromatic rings. The van der Waals surface area contributed by atoms with Gasteiger partial charge in [0.05, 0.1) is 6.10 Å². The summed E-state index contributed by atoms with van der Waals surface area (Å²) in [6.07, 6.45) is 5.95. The van der Waals surface area contributed by atoms with Crippen molar-refractivity contribution in [1.82, 2.24) is 5.48 Å². The Bertz CT molecular complexity index is 155. The number of hydrogen-bond donors (Lipinski definition) is 2. The maximum Gasteiger partial charge on any atom is 0.303 e. The number of nitrogens with one attached hydrogen (secondary N) is 1. The van der Waals surface area contributed by atoms with Gasteiger partial charge in [0.2, 0.25) is 0 Å². The van der Waals surface area contributed by atoms with Crippen molar-refractivity contribution in [3.05, 3.63) is 0 Å². The van der Waals surface area contributed by atoms with Crippen molar-refractivity contribution in [2.24, 2.45) is 0 Å². The van der Waals surface area contributed by atoms with E-state index >= 15 is 0 Å². The predicted octanol–water partition coefficient (Wildman–Crippen LogP) is 1.31. The number of carboxylic acid groups (broad SMARTS) is 1. The van der Waals surface area contributed by atoms with Crippen LogP contribution in [0.15, 0.2) is 0 Å². The van der Waals surface area contributed by atoms with E-state index in [1.165, 1.54) is 12.8 Å². The van der Waals surface area contributed by atoms with Gasteiger partial charge in [-0.3, -0.25) is 9.63 Å². The fraction of sp³-hybridized carbons (Fsp3) is 0.889. The zero-order valence-electron chi connectivity index (χ0n) is 7.79. The first-order chi connectivity index (χ1) is 6.29. The molecule has 1 aliphatic carbocycles. The molecular weight excluding hydrogens is 170 g/mol. The van der Waals surface area contributed by atoms with Gasteiger partial charge in [-0.25, -0.2) is 5.48 Å². The third kappa shape index (κ3) is 4.85. The van der Waals surface area contributed by atoms with Crippen molar-refractivity contribution in [2.45, 2.75) is 44.6 Å². The average Bonchev–Trinajstić information content (AvgIpc) is 2.55. The van der Waals surface area contributed by atoms with Crippen molar-refractivity contribution >= 4 is 5.97 Å². The van der Waals surface area contributed by atoms with Gasteiger partial charge in [0, 0.05) is 13.0 Å². The molecule has 0 aromatic heterocycles. The van der Waals surface area contributed by atoms with Gasteiger partial charge < -0.3 is 5.11 Å². The summed E-state index contributed by atoms with van der Waals surface area (Å²) in [5.41, 5.74) is 2.82. The molecule has 0 heterocycles. The summed E-state index contributed by atoms with van der Waals surface area (Å²) < 4.78 is 0. The smallest absolute Gasteiger partial charge is 0.303 e. The first-order valence-corrected chi connectivity index (χ1v) is 4.89. The minimum absolute atomic E-state index is 0.209. The van der Waals surface area contributed by atoms with Gasteiger partial charge in [0.1, 0.15) is 0 Å². The monoisotopic (exact) mass is 187 g/mol. The van der Waals surface area contributed by atoms with Gasteiger partial charge in [-0.2, -0.15) is 0 Å². The zero-order valence-corrected chi connectivity index (χ0v) is 7.79. The van der Waals surface area contributed by atoms with Gasteiger partial charge in [-0.05, 0) is 19.3 Å². The molecule has 1 aliphatic rings. The Kier molecular flexibility index (Phi) is 4.78. The van der Waals surface area contributed by atoms with Crippen molar-refractivity contribution in [1.29, 1.82) is 0 Å². The summed E-state index contributed by atoms with van der Waals surface area (Å²) in [7, 11) is 0. The lowest BCUT2D eigenvalue weighted by Crippen LogP contribution is -2.23. The molecule has 1 fully saturated rings. The second-order valence-corrected chi connectivity index (χ2v) is 3.42. The fourth-order valence-corrected chi connectivity index (χ4v) is 1.49. The van der Waals surface area contributed by atoms with Gasteiger partial charge in [-0.1, -0.05) is 12.8 Å². The van der Waals surface area contributed by atoms with E-state index in [1.807, 2.05) is 0 Å². The molecule has 13 heavy (non-hydrogen) atoms. The van der Waals surface area contributed by atoms with Crippen LogP contribution in [0.2, 0.25) is 0 Å². The zero-order chi connectivity index (χ0) is 9.52. The van der Waals surface area contributed by atoms with Gasteiger partial charge in [0.25, 0.3) is 0 Å². The Morgan fingerprint density at radius 3 is 2.77 bits per heavy atom. The van der Waals surface area contributed by atoms with Crippen LogP contribution in [0.1, 0.15) is 38.5 Å². The molecular formula is C9H17NO3. The predicted molar refractivity (Wildman–Crippen MR) is 48.2 cm³/mol. The first-order valence-electron chi connectivity index (χ1n) is 4.89. The molecule has 4 heteroatoms. The van der Waals surface area contributed by atoms with E-state index in [4.69, 9.17) is 9.94 Å². The second kappa shape index (κ2) is 5.94. The van der Waals surface area contributed by atoms with Crippen LogP contribution < -0.4 is 5.48 Å². The van der Waals surface area contributed by atoms with E-state index in [9.17, 15) is 4.79 Å². The number of carboxylic acids is 1. The summed E-state index contributed by atoms with van der Waals surface area (Å²) in [4.78, 5) is 15.5. The van der Waals surface area contributed by atoms with Gasteiger partial charge in [-0.15, -0.1) is 0 Å². The summed E-state index contributed by atoms with van der Waals surface area (Å²) in [6.45, 7) is 0.628. The Morgan fingerprint density at radius 1 is 1.46 bits per heavy atom. The third-order valence-electron chi connectivity index (χ3n) is 2.22. The Labute approximate surface area is 78.2 Å². The van der Waals surface area contributed by atoms with E-state index in [0.717, 1.165) is 12.8 Å². The number of hydrogen-bond acceptors (Lipinski definition) is 3. The van der Waals surface area contributed by atoms with Crippen molar-refractivity contribution < 1.29 is 14.7 Å². The molecule has 4 nitrogen and oxygen atoms in total. The summed E-state index contributed by atoms with van der Waals surface area (Å²) >= 11 is 0. The van der Waals surface area contributed by atoms with Crippen LogP contribution in [-0.4, -0.2) is 23.7 Å². The molecule has 0 saturated heterocycles. The minimum atomic E-state index is -0.748. The maximum absolute atomic E-state index is 10.2. The Hall–Kier alpha value is -0.610. The lowest BCUT2D eigenvalue weighted by Gasteiger charge is -2.10. The average molecular weight is 187 g/mol. The van der Waals surface area contributed by atoms with Crippen molar-refractivity contribution in [2.75, 3.05) is 6.54 Å². The standard InChI is InChI=1S/C9H17NO3/c11-9(12)6-3-7-10-13-8-4-1-2-5-8/h8,10H,1-7H2,(H,11,12). The van der Waals surface area contributed by atoms with Crippen LogP contribution in [0.5, 0.6) is 0 Å².